The molecule has 0 saturated carbocycles. The molecule has 1 aromatic rings. The second-order valence-electron chi connectivity index (χ2n) is 4.61. The predicted octanol–water partition coefficient (Wildman–Crippen LogP) is 1.74. The van der Waals surface area contributed by atoms with Crippen LogP contribution in [0.5, 0.6) is 0 Å². The van der Waals surface area contributed by atoms with Gasteiger partial charge in [0.1, 0.15) is 6.33 Å². The highest BCUT2D eigenvalue weighted by atomic mass is 32.2. The molecule has 0 aliphatic carbocycles. The molecule has 0 amide bonds. The van der Waals surface area contributed by atoms with Crippen LogP contribution in [0.2, 0.25) is 0 Å². The lowest BCUT2D eigenvalue weighted by Crippen LogP contribution is -2.31. The first-order chi connectivity index (χ1) is 8.06. The number of aromatic nitrogens is 3. The zero-order valence-electron chi connectivity index (χ0n) is 10.7. The van der Waals surface area contributed by atoms with E-state index < -0.39 is 0 Å². The van der Waals surface area contributed by atoms with Gasteiger partial charge in [0.2, 0.25) is 0 Å². The van der Waals surface area contributed by atoms with Gasteiger partial charge in [-0.3, -0.25) is 4.99 Å². The molecular formula is C11H19N5S. The number of hydrogen-bond acceptors (Lipinski definition) is 5. The van der Waals surface area contributed by atoms with Crippen LogP contribution >= 0.6 is 11.8 Å². The van der Waals surface area contributed by atoms with Gasteiger partial charge in [0, 0.05) is 12.3 Å². The van der Waals surface area contributed by atoms with E-state index in [1.165, 1.54) is 0 Å². The molecule has 6 heteroatoms. The molecule has 1 N–H and O–H groups in total. The van der Waals surface area contributed by atoms with Gasteiger partial charge in [-0.05, 0) is 20.3 Å². The standard InChI is InChI=1S/C11H19N5S/c1-7-5-8(2)17-11(13-7)14-9(3)10-15-12-6-16(10)4/h6-9H,5H2,1-4H3,(H,13,14). The van der Waals surface area contributed by atoms with Crippen molar-refractivity contribution < 1.29 is 0 Å². The highest BCUT2D eigenvalue weighted by Crippen LogP contribution is 2.25. The Bertz CT molecular complexity index is 414. The Morgan fingerprint density at radius 1 is 1.53 bits per heavy atom. The van der Waals surface area contributed by atoms with Crippen molar-refractivity contribution in [1.82, 2.24) is 20.1 Å². The first-order valence-corrected chi connectivity index (χ1v) is 6.79. The fraction of sp³-hybridized carbons (Fsp3) is 0.727. The number of rotatable bonds is 2. The molecule has 1 aliphatic rings. The number of nitrogens with zero attached hydrogens (tertiary/aromatic N) is 4. The summed E-state index contributed by atoms with van der Waals surface area (Å²) in [4.78, 5) is 4.62. The summed E-state index contributed by atoms with van der Waals surface area (Å²) in [5, 5.41) is 13.1. The molecular weight excluding hydrogens is 234 g/mol. The minimum absolute atomic E-state index is 0.131. The first-order valence-electron chi connectivity index (χ1n) is 5.91. The number of aliphatic imine (C=N–C) groups is 1. The monoisotopic (exact) mass is 253 g/mol. The highest BCUT2D eigenvalue weighted by molar-refractivity contribution is 8.14. The van der Waals surface area contributed by atoms with E-state index in [0.717, 1.165) is 17.4 Å². The number of nitrogens with one attached hydrogen (secondary N) is 1. The van der Waals surface area contributed by atoms with Crippen LogP contribution in [0.3, 0.4) is 0 Å². The number of hydrogen-bond donors (Lipinski definition) is 1. The van der Waals surface area contributed by atoms with Crippen LogP contribution in [0.1, 0.15) is 39.1 Å². The maximum absolute atomic E-state index is 4.62. The molecule has 0 fully saturated rings. The van der Waals surface area contributed by atoms with E-state index in [2.05, 4.69) is 41.3 Å². The molecule has 0 bridgehead atoms. The molecule has 0 spiro atoms. The van der Waals surface area contributed by atoms with Crippen molar-refractivity contribution in [3.63, 3.8) is 0 Å². The third-order valence-corrected chi connectivity index (χ3v) is 3.84. The van der Waals surface area contributed by atoms with E-state index in [4.69, 9.17) is 0 Å². The fourth-order valence-corrected chi connectivity index (χ4v) is 3.25. The lowest BCUT2D eigenvalue weighted by atomic mass is 10.2. The van der Waals surface area contributed by atoms with Gasteiger partial charge >= 0.3 is 0 Å². The van der Waals surface area contributed by atoms with Crippen LogP contribution in [-0.4, -0.2) is 31.2 Å². The first kappa shape index (κ1) is 12.4. The van der Waals surface area contributed by atoms with Crippen LogP contribution in [0.15, 0.2) is 11.3 Å². The smallest absolute Gasteiger partial charge is 0.157 e. The summed E-state index contributed by atoms with van der Waals surface area (Å²) < 4.78 is 1.93. The van der Waals surface area contributed by atoms with Crippen molar-refractivity contribution in [3.05, 3.63) is 12.2 Å². The minimum atomic E-state index is 0.131. The lowest BCUT2D eigenvalue weighted by Gasteiger charge is -2.25. The summed E-state index contributed by atoms with van der Waals surface area (Å²) in [6.07, 6.45) is 2.86. The molecule has 3 atom stereocenters. The van der Waals surface area contributed by atoms with Gasteiger partial charge in [-0.2, -0.15) is 0 Å². The van der Waals surface area contributed by atoms with Gasteiger partial charge in [-0.15, -0.1) is 10.2 Å². The van der Waals surface area contributed by atoms with Gasteiger partial charge in [-0.1, -0.05) is 18.7 Å². The van der Waals surface area contributed by atoms with Crippen LogP contribution in [-0.2, 0) is 7.05 Å². The topological polar surface area (TPSA) is 55.1 Å². The average molecular weight is 253 g/mol. The number of amidine groups is 1. The summed E-state index contributed by atoms with van der Waals surface area (Å²) >= 11 is 1.80. The Labute approximate surface area is 106 Å². The largest absolute Gasteiger partial charge is 0.355 e. The number of aryl methyl sites for hydroxylation is 1. The van der Waals surface area contributed by atoms with E-state index in [1.54, 1.807) is 18.1 Å². The van der Waals surface area contributed by atoms with E-state index in [-0.39, 0.29) is 6.04 Å². The molecule has 17 heavy (non-hydrogen) atoms. The molecule has 1 aromatic heterocycles. The van der Waals surface area contributed by atoms with Gasteiger partial charge in [-0.25, -0.2) is 0 Å². The molecule has 2 rings (SSSR count). The van der Waals surface area contributed by atoms with Crippen molar-refractivity contribution in [2.24, 2.45) is 12.0 Å². The van der Waals surface area contributed by atoms with E-state index in [1.807, 2.05) is 11.6 Å². The van der Waals surface area contributed by atoms with Crippen LogP contribution in [0, 0.1) is 0 Å². The zero-order valence-corrected chi connectivity index (χ0v) is 11.5. The Morgan fingerprint density at radius 3 is 2.88 bits per heavy atom. The zero-order chi connectivity index (χ0) is 12.4. The van der Waals surface area contributed by atoms with E-state index >= 15 is 0 Å². The summed E-state index contributed by atoms with van der Waals surface area (Å²) in [5.74, 6) is 0.930. The molecule has 2 heterocycles. The third-order valence-electron chi connectivity index (χ3n) is 2.80. The summed E-state index contributed by atoms with van der Waals surface area (Å²) in [6.45, 7) is 6.48. The Balaban J connectivity index is 2.04. The molecule has 0 saturated heterocycles. The maximum Gasteiger partial charge on any atom is 0.157 e. The van der Waals surface area contributed by atoms with Crippen molar-refractivity contribution in [3.8, 4) is 0 Å². The quantitative estimate of drug-likeness (QED) is 0.872. The molecule has 5 nitrogen and oxygen atoms in total. The molecule has 1 aliphatic heterocycles. The summed E-state index contributed by atoms with van der Waals surface area (Å²) in [6, 6.07) is 0.534. The van der Waals surface area contributed by atoms with Crippen LogP contribution < -0.4 is 5.32 Å². The summed E-state index contributed by atoms with van der Waals surface area (Å²) in [7, 11) is 1.95. The van der Waals surface area contributed by atoms with Gasteiger partial charge in [0.05, 0.1) is 12.1 Å². The average Bonchev–Trinajstić information content (AvgIpc) is 2.62. The Hall–Kier alpha value is -1.04. The van der Waals surface area contributed by atoms with Crippen LogP contribution in [0.25, 0.3) is 0 Å². The van der Waals surface area contributed by atoms with Gasteiger partial charge in [0.25, 0.3) is 0 Å². The Kier molecular flexibility index (Phi) is 3.71. The number of thioether (sulfide) groups is 1. The second kappa shape index (κ2) is 5.08. The highest BCUT2D eigenvalue weighted by Gasteiger charge is 2.21. The normalized spacial score (nSPS) is 26.5. The molecule has 0 aromatic carbocycles. The van der Waals surface area contributed by atoms with Gasteiger partial charge in [0.15, 0.2) is 11.0 Å². The summed E-state index contributed by atoms with van der Waals surface area (Å²) in [5.41, 5.74) is 0. The van der Waals surface area contributed by atoms with Crippen molar-refractivity contribution in [1.29, 1.82) is 0 Å². The third kappa shape index (κ3) is 3.00. The predicted molar refractivity (Wildman–Crippen MR) is 71.1 cm³/mol. The Morgan fingerprint density at radius 2 is 2.29 bits per heavy atom. The van der Waals surface area contributed by atoms with Crippen molar-refractivity contribution >= 4 is 16.9 Å². The van der Waals surface area contributed by atoms with Gasteiger partial charge < -0.3 is 9.88 Å². The van der Waals surface area contributed by atoms with Crippen molar-refractivity contribution in [2.45, 2.75) is 44.5 Å². The van der Waals surface area contributed by atoms with Crippen molar-refractivity contribution in [2.75, 3.05) is 0 Å². The SMILES string of the molecule is CC1CC(C)SC(NC(C)c2nncn2C)=N1. The maximum atomic E-state index is 4.62. The second-order valence-corrected chi connectivity index (χ2v) is 6.04. The van der Waals surface area contributed by atoms with E-state index in [9.17, 15) is 0 Å². The van der Waals surface area contributed by atoms with E-state index in [0.29, 0.717) is 11.3 Å². The molecule has 0 radical (unpaired) electrons. The van der Waals surface area contributed by atoms with Crippen LogP contribution in [0.4, 0.5) is 0 Å². The molecule has 3 unspecified atom stereocenters. The molecule has 94 valence electrons. The lowest BCUT2D eigenvalue weighted by molar-refractivity contribution is 0.612. The fourth-order valence-electron chi connectivity index (χ4n) is 2.01. The minimum Gasteiger partial charge on any atom is -0.355 e.